The Labute approximate surface area is 152 Å². The van der Waals surface area contributed by atoms with Crippen LogP contribution in [0.2, 0.25) is 0 Å². The van der Waals surface area contributed by atoms with Crippen molar-refractivity contribution in [2.24, 2.45) is 0 Å². The number of hydrogen-bond acceptors (Lipinski definition) is 2. The summed E-state index contributed by atoms with van der Waals surface area (Å²) in [7, 11) is 0. The van der Waals surface area contributed by atoms with E-state index in [0.717, 1.165) is 45.3 Å². The molecule has 0 amide bonds. The van der Waals surface area contributed by atoms with Crippen LogP contribution in [0, 0.1) is 0 Å². The normalized spacial score (nSPS) is 13.3. The van der Waals surface area contributed by atoms with Gasteiger partial charge < -0.3 is 9.84 Å². The van der Waals surface area contributed by atoms with Gasteiger partial charge >= 0.3 is 6.18 Å². The van der Waals surface area contributed by atoms with Crippen molar-refractivity contribution < 1.29 is 23.0 Å². The highest BCUT2D eigenvalue weighted by Crippen LogP contribution is 2.24. The van der Waals surface area contributed by atoms with E-state index in [1.807, 2.05) is 0 Å². The molecule has 0 aliphatic rings. The van der Waals surface area contributed by atoms with Gasteiger partial charge in [0.25, 0.3) is 0 Å². The predicted octanol–water partition coefficient (Wildman–Crippen LogP) is 6.80. The van der Waals surface area contributed by atoms with E-state index < -0.39 is 12.3 Å². The molecular formula is C20H39F3O2. The lowest BCUT2D eigenvalue weighted by molar-refractivity contribution is -0.205. The zero-order valence-corrected chi connectivity index (χ0v) is 16.1. The Kier molecular flexibility index (Phi) is 16.9. The maximum Gasteiger partial charge on any atom is 0.414 e. The van der Waals surface area contributed by atoms with Gasteiger partial charge in [-0.3, -0.25) is 0 Å². The molecule has 0 saturated heterocycles. The van der Waals surface area contributed by atoms with Crippen LogP contribution in [-0.2, 0) is 4.74 Å². The third-order valence-electron chi connectivity index (χ3n) is 4.54. The van der Waals surface area contributed by atoms with Crippen LogP contribution in [0.5, 0.6) is 0 Å². The second-order valence-corrected chi connectivity index (χ2v) is 7.05. The summed E-state index contributed by atoms with van der Waals surface area (Å²) in [6, 6.07) is 0. The van der Waals surface area contributed by atoms with Gasteiger partial charge in [0, 0.05) is 13.2 Å². The minimum atomic E-state index is -4.46. The molecule has 2 nitrogen and oxygen atoms in total. The monoisotopic (exact) mass is 368 g/mol. The van der Waals surface area contributed by atoms with Crippen LogP contribution in [0.25, 0.3) is 0 Å². The van der Waals surface area contributed by atoms with Gasteiger partial charge in [0.15, 0.2) is 0 Å². The van der Waals surface area contributed by atoms with E-state index in [1.165, 1.54) is 51.4 Å². The number of rotatable bonds is 18. The van der Waals surface area contributed by atoms with E-state index in [9.17, 15) is 13.2 Å². The molecule has 0 aliphatic heterocycles. The average molecular weight is 369 g/mol. The molecular weight excluding hydrogens is 329 g/mol. The van der Waals surface area contributed by atoms with Gasteiger partial charge in [-0.1, -0.05) is 84.0 Å². The molecule has 1 N–H and O–H groups in total. The number of aliphatic hydroxyl groups is 1. The molecule has 0 rings (SSSR count). The molecule has 25 heavy (non-hydrogen) atoms. The number of halogens is 3. The Morgan fingerprint density at radius 2 is 1.08 bits per heavy atom. The SMILES string of the molecule is CCCCCCCCOCCCCCCCCCCC(O)C(F)(F)F. The summed E-state index contributed by atoms with van der Waals surface area (Å²) < 4.78 is 41.9. The van der Waals surface area contributed by atoms with Crippen molar-refractivity contribution in [3.8, 4) is 0 Å². The van der Waals surface area contributed by atoms with Crippen LogP contribution in [0.4, 0.5) is 13.2 Å². The van der Waals surface area contributed by atoms with Gasteiger partial charge in [-0.25, -0.2) is 0 Å². The lowest BCUT2D eigenvalue weighted by atomic mass is 10.1. The van der Waals surface area contributed by atoms with Gasteiger partial charge in [0.2, 0.25) is 0 Å². The lowest BCUT2D eigenvalue weighted by Gasteiger charge is -2.13. The standard InChI is InChI=1S/C20H39F3O2/c1-2-3-4-5-11-14-17-25-18-15-12-9-7-6-8-10-13-16-19(24)20(21,22)23/h19,24H,2-18H2,1H3. The largest absolute Gasteiger partial charge is 0.414 e. The first-order chi connectivity index (χ1) is 12.0. The molecule has 5 heteroatoms. The molecule has 0 aliphatic carbocycles. The maximum atomic E-state index is 12.1. The molecule has 1 atom stereocenters. The molecule has 152 valence electrons. The molecule has 0 aromatic heterocycles. The summed E-state index contributed by atoms with van der Waals surface area (Å²) in [6.07, 6.45) is 8.82. The number of hydrogen-bond donors (Lipinski definition) is 1. The van der Waals surface area contributed by atoms with Crippen molar-refractivity contribution in [1.29, 1.82) is 0 Å². The van der Waals surface area contributed by atoms with Crippen molar-refractivity contribution in [2.75, 3.05) is 13.2 Å². The molecule has 0 aromatic carbocycles. The summed E-state index contributed by atoms with van der Waals surface area (Å²) in [6.45, 7) is 3.97. The van der Waals surface area contributed by atoms with E-state index in [2.05, 4.69) is 6.92 Å². The van der Waals surface area contributed by atoms with E-state index >= 15 is 0 Å². The summed E-state index contributed by atoms with van der Waals surface area (Å²) in [5.41, 5.74) is 0. The highest BCUT2D eigenvalue weighted by Gasteiger charge is 2.37. The van der Waals surface area contributed by atoms with Crippen LogP contribution in [0.15, 0.2) is 0 Å². The first-order valence-electron chi connectivity index (χ1n) is 10.3. The Bertz CT molecular complexity index is 270. The van der Waals surface area contributed by atoms with Crippen LogP contribution < -0.4 is 0 Å². The molecule has 0 saturated carbocycles. The highest BCUT2D eigenvalue weighted by molar-refractivity contribution is 4.64. The van der Waals surface area contributed by atoms with Crippen molar-refractivity contribution in [1.82, 2.24) is 0 Å². The quantitative estimate of drug-likeness (QED) is 0.270. The second kappa shape index (κ2) is 17.1. The molecule has 0 heterocycles. The zero-order valence-electron chi connectivity index (χ0n) is 16.1. The first kappa shape index (κ1) is 24.7. The molecule has 1 unspecified atom stereocenters. The summed E-state index contributed by atoms with van der Waals surface area (Å²) >= 11 is 0. The van der Waals surface area contributed by atoms with Gasteiger partial charge in [-0.2, -0.15) is 13.2 Å². The van der Waals surface area contributed by atoms with Gasteiger partial charge in [-0.15, -0.1) is 0 Å². The Balaban J connectivity index is 3.10. The highest BCUT2D eigenvalue weighted by atomic mass is 19.4. The lowest BCUT2D eigenvalue weighted by Crippen LogP contribution is -2.28. The molecule has 0 bridgehead atoms. The smallest absolute Gasteiger partial charge is 0.384 e. The Morgan fingerprint density at radius 3 is 1.52 bits per heavy atom. The maximum absolute atomic E-state index is 12.1. The molecule has 0 spiro atoms. The summed E-state index contributed by atoms with van der Waals surface area (Å²) in [5, 5.41) is 8.87. The first-order valence-corrected chi connectivity index (χ1v) is 10.3. The fourth-order valence-electron chi connectivity index (χ4n) is 2.85. The third kappa shape index (κ3) is 18.3. The number of unbranched alkanes of at least 4 members (excludes halogenated alkanes) is 12. The third-order valence-corrected chi connectivity index (χ3v) is 4.54. The average Bonchev–Trinajstić information content (AvgIpc) is 2.56. The summed E-state index contributed by atoms with van der Waals surface area (Å²) in [4.78, 5) is 0. The fraction of sp³-hybridized carbons (Fsp3) is 1.00. The Hall–Kier alpha value is -0.290. The van der Waals surface area contributed by atoms with Crippen LogP contribution in [0.1, 0.15) is 103 Å². The minimum Gasteiger partial charge on any atom is -0.384 e. The minimum absolute atomic E-state index is 0.167. The number of aliphatic hydroxyl groups excluding tert-OH is 1. The zero-order chi connectivity index (χ0) is 18.8. The van der Waals surface area contributed by atoms with Gasteiger partial charge in [0.05, 0.1) is 0 Å². The Morgan fingerprint density at radius 1 is 0.680 bits per heavy atom. The van der Waals surface area contributed by atoms with E-state index in [1.54, 1.807) is 0 Å². The van der Waals surface area contributed by atoms with Crippen molar-refractivity contribution >= 4 is 0 Å². The predicted molar refractivity (Wildman–Crippen MR) is 97.8 cm³/mol. The van der Waals surface area contributed by atoms with Gasteiger partial charge in [0.1, 0.15) is 6.10 Å². The van der Waals surface area contributed by atoms with Gasteiger partial charge in [-0.05, 0) is 19.3 Å². The summed E-state index contributed by atoms with van der Waals surface area (Å²) in [5.74, 6) is 0. The number of ether oxygens (including phenoxy) is 1. The topological polar surface area (TPSA) is 29.5 Å². The van der Waals surface area contributed by atoms with Crippen LogP contribution in [0.3, 0.4) is 0 Å². The van der Waals surface area contributed by atoms with E-state index in [-0.39, 0.29) is 6.42 Å². The molecule has 0 radical (unpaired) electrons. The van der Waals surface area contributed by atoms with Crippen molar-refractivity contribution in [3.05, 3.63) is 0 Å². The van der Waals surface area contributed by atoms with E-state index in [0.29, 0.717) is 6.42 Å². The number of alkyl halides is 3. The van der Waals surface area contributed by atoms with Crippen LogP contribution >= 0.6 is 0 Å². The molecule has 0 aromatic rings. The van der Waals surface area contributed by atoms with E-state index in [4.69, 9.17) is 9.84 Å². The van der Waals surface area contributed by atoms with Crippen molar-refractivity contribution in [2.45, 2.75) is 116 Å². The molecule has 0 fully saturated rings. The fourth-order valence-corrected chi connectivity index (χ4v) is 2.85. The second-order valence-electron chi connectivity index (χ2n) is 7.05. The van der Waals surface area contributed by atoms with Crippen molar-refractivity contribution in [3.63, 3.8) is 0 Å². The van der Waals surface area contributed by atoms with Crippen LogP contribution in [-0.4, -0.2) is 30.6 Å².